The first-order valence-corrected chi connectivity index (χ1v) is 10.2. The smallest absolute Gasteiger partial charge is 0.262 e. The zero-order chi connectivity index (χ0) is 19.9. The van der Waals surface area contributed by atoms with Crippen LogP contribution in [-0.2, 0) is 14.8 Å². The average molecular weight is 399 g/mol. The molecular weight excluding hydrogens is 382 g/mol. The summed E-state index contributed by atoms with van der Waals surface area (Å²) in [7, 11) is -3.65. The number of sulfonamides is 1. The van der Waals surface area contributed by atoms with Crippen LogP contribution in [0.15, 0.2) is 53.4 Å². The molecule has 0 bridgehead atoms. The quantitative estimate of drug-likeness (QED) is 0.713. The van der Waals surface area contributed by atoms with Gasteiger partial charge in [0.05, 0.1) is 16.0 Å². The highest BCUT2D eigenvalue weighted by atomic mass is 32.2. The monoisotopic (exact) mass is 399 g/mol. The van der Waals surface area contributed by atoms with Crippen molar-refractivity contribution in [1.82, 2.24) is 9.62 Å². The molecule has 0 saturated heterocycles. The van der Waals surface area contributed by atoms with E-state index in [0.717, 1.165) is 17.7 Å². The molecule has 0 radical (unpaired) electrons. The van der Waals surface area contributed by atoms with Crippen LogP contribution in [0.4, 0.5) is 5.69 Å². The topological polar surface area (TPSA) is 113 Å². The van der Waals surface area contributed by atoms with Crippen molar-refractivity contribution in [1.29, 1.82) is 0 Å². The van der Waals surface area contributed by atoms with E-state index in [4.69, 9.17) is 0 Å². The maximum atomic E-state index is 12.3. The van der Waals surface area contributed by atoms with Gasteiger partial charge in [0.15, 0.2) is 0 Å². The predicted molar refractivity (Wildman–Crippen MR) is 100 cm³/mol. The molecule has 2 aromatic carbocycles. The summed E-state index contributed by atoms with van der Waals surface area (Å²) in [5.74, 6) is -1.65. The second-order valence-electron chi connectivity index (χ2n) is 6.71. The largest absolute Gasteiger partial charge is 0.324 e. The van der Waals surface area contributed by atoms with Crippen LogP contribution in [0.3, 0.4) is 0 Å². The Hall–Kier alpha value is -3.04. The van der Waals surface area contributed by atoms with Gasteiger partial charge >= 0.3 is 0 Å². The highest BCUT2D eigenvalue weighted by Crippen LogP contribution is 2.24. The number of anilines is 1. The van der Waals surface area contributed by atoms with E-state index in [1.807, 2.05) is 0 Å². The zero-order valence-electron chi connectivity index (χ0n) is 14.7. The number of hydrogen-bond acceptors (Lipinski definition) is 5. The third-order valence-corrected chi connectivity index (χ3v) is 6.03. The number of benzene rings is 2. The van der Waals surface area contributed by atoms with Gasteiger partial charge in [-0.05, 0) is 43.2 Å². The summed E-state index contributed by atoms with van der Waals surface area (Å²) in [6, 6.07) is 12.2. The van der Waals surface area contributed by atoms with Gasteiger partial charge in [-0.25, -0.2) is 13.1 Å². The Morgan fingerprint density at radius 2 is 1.64 bits per heavy atom. The molecule has 0 atom stereocenters. The van der Waals surface area contributed by atoms with E-state index in [-0.39, 0.29) is 27.8 Å². The maximum absolute atomic E-state index is 12.3. The molecular formula is C19H17N3O5S. The second-order valence-corrected chi connectivity index (χ2v) is 8.43. The van der Waals surface area contributed by atoms with Crippen LogP contribution in [0.2, 0.25) is 0 Å². The summed E-state index contributed by atoms with van der Waals surface area (Å²) in [5, 5.41) is 2.54. The van der Waals surface area contributed by atoms with Crippen molar-refractivity contribution in [2.24, 2.45) is 0 Å². The second kappa shape index (κ2) is 6.84. The van der Waals surface area contributed by atoms with Gasteiger partial charge in [0, 0.05) is 11.7 Å². The molecule has 0 aromatic heterocycles. The fourth-order valence-electron chi connectivity index (χ4n) is 2.96. The summed E-state index contributed by atoms with van der Waals surface area (Å²) in [6.45, 7) is -0.455. The van der Waals surface area contributed by atoms with Gasteiger partial charge in [0.1, 0.15) is 6.54 Å². The van der Waals surface area contributed by atoms with Gasteiger partial charge in [-0.15, -0.1) is 0 Å². The standard InChI is InChI=1S/C19H17N3O5S/c23-17(11-22-18(24)15-6-1-2-7-16(15)19(22)25)20-13-4-3-5-14(10-13)28(26,27)21-12-8-9-12/h1-7,10,12,21H,8-9,11H2,(H,20,23). The number of amides is 3. The number of nitrogens with zero attached hydrogens (tertiary/aromatic N) is 1. The van der Waals surface area contributed by atoms with Crippen molar-refractivity contribution in [2.45, 2.75) is 23.8 Å². The van der Waals surface area contributed by atoms with Gasteiger partial charge in [-0.1, -0.05) is 18.2 Å². The first kappa shape index (κ1) is 18.3. The van der Waals surface area contributed by atoms with Gasteiger partial charge in [-0.3, -0.25) is 19.3 Å². The fraction of sp³-hybridized carbons (Fsp3) is 0.211. The summed E-state index contributed by atoms with van der Waals surface area (Å²) in [4.78, 5) is 37.9. The first-order valence-electron chi connectivity index (χ1n) is 8.72. The first-order chi connectivity index (χ1) is 13.3. The molecule has 1 aliphatic heterocycles. The number of imide groups is 1. The Kier molecular flexibility index (Phi) is 4.48. The normalized spacial score (nSPS) is 16.2. The van der Waals surface area contributed by atoms with Gasteiger partial charge < -0.3 is 5.32 Å². The molecule has 4 rings (SSSR count). The zero-order valence-corrected chi connectivity index (χ0v) is 15.5. The van der Waals surface area contributed by atoms with E-state index in [1.165, 1.54) is 36.4 Å². The van der Waals surface area contributed by atoms with Crippen molar-refractivity contribution in [3.63, 3.8) is 0 Å². The Bertz CT molecular complexity index is 1060. The minimum Gasteiger partial charge on any atom is -0.324 e. The molecule has 0 unspecified atom stereocenters. The van der Waals surface area contributed by atoms with Gasteiger partial charge in [0.2, 0.25) is 15.9 Å². The molecule has 3 amide bonds. The lowest BCUT2D eigenvalue weighted by Gasteiger charge is -2.14. The lowest BCUT2D eigenvalue weighted by atomic mass is 10.1. The number of carbonyl (C=O) groups excluding carboxylic acids is 3. The van der Waals surface area contributed by atoms with Crippen molar-refractivity contribution in [3.8, 4) is 0 Å². The van der Waals surface area contributed by atoms with Crippen molar-refractivity contribution in [2.75, 3.05) is 11.9 Å². The minimum atomic E-state index is -3.65. The van der Waals surface area contributed by atoms with Crippen LogP contribution in [0.5, 0.6) is 0 Å². The van der Waals surface area contributed by atoms with E-state index in [9.17, 15) is 22.8 Å². The Labute approximate surface area is 161 Å². The van der Waals surface area contributed by atoms with Crippen molar-refractivity contribution < 1.29 is 22.8 Å². The summed E-state index contributed by atoms with van der Waals surface area (Å²) >= 11 is 0. The molecule has 2 aliphatic rings. The lowest BCUT2D eigenvalue weighted by molar-refractivity contribution is -0.116. The van der Waals surface area contributed by atoms with E-state index in [1.54, 1.807) is 12.1 Å². The average Bonchev–Trinajstić information content (AvgIpc) is 3.44. The van der Waals surface area contributed by atoms with Crippen LogP contribution in [0.25, 0.3) is 0 Å². The van der Waals surface area contributed by atoms with E-state index < -0.39 is 34.3 Å². The minimum absolute atomic E-state index is 0.0305. The van der Waals surface area contributed by atoms with Crippen LogP contribution in [0.1, 0.15) is 33.6 Å². The lowest BCUT2D eigenvalue weighted by Crippen LogP contribution is -2.37. The van der Waals surface area contributed by atoms with Crippen LogP contribution in [-0.4, -0.2) is 43.6 Å². The SMILES string of the molecule is O=C(CN1C(=O)c2ccccc2C1=O)Nc1cccc(S(=O)(=O)NC2CC2)c1. The Morgan fingerprint density at radius 3 is 2.25 bits per heavy atom. The molecule has 1 saturated carbocycles. The molecule has 1 aliphatic carbocycles. The fourth-order valence-corrected chi connectivity index (χ4v) is 4.31. The molecule has 9 heteroatoms. The third-order valence-electron chi connectivity index (χ3n) is 4.51. The van der Waals surface area contributed by atoms with Crippen molar-refractivity contribution >= 4 is 33.4 Å². The molecule has 0 spiro atoms. The number of hydrogen-bond donors (Lipinski definition) is 2. The Morgan fingerprint density at radius 1 is 1.00 bits per heavy atom. The molecule has 2 N–H and O–H groups in total. The molecule has 1 fully saturated rings. The molecule has 144 valence electrons. The van der Waals surface area contributed by atoms with Gasteiger partial charge in [-0.2, -0.15) is 0 Å². The highest BCUT2D eigenvalue weighted by molar-refractivity contribution is 7.89. The number of fused-ring (bicyclic) bond motifs is 1. The summed E-state index contributed by atoms with van der Waals surface area (Å²) in [6.07, 6.45) is 1.63. The number of nitrogens with one attached hydrogen (secondary N) is 2. The van der Waals surface area contributed by atoms with E-state index in [2.05, 4.69) is 10.0 Å². The molecule has 28 heavy (non-hydrogen) atoms. The number of carbonyl (C=O) groups is 3. The van der Waals surface area contributed by atoms with E-state index in [0.29, 0.717) is 0 Å². The molecule has 2 aromatic rings. The van der Waals surface area contributed by atoms with Gasteiger partial charge in [0.25, 0.3) is 11.8 Å². The van der Waals surface area contributed by atoms with Crippen LogP contribution in [0, 0.1) is 0 Å². The molecule has 8 nitrogen and oxygen atoms in total. The predicted octanol–water partition coefficient (Wildman–Crippen LogP) is 1.36. The number of rotatable bonds is 6. The van der Waals surface area contributed by atoms with Crippen LogP contribution >= 0.6 is 0 Å². The maximum Gasteiger partial charge on any atom is 0.262 e. The summed E-state index contributed by atoms with van der Waals surface area (Å²) < 4.78 is 27.1. The summed E-state index contributed by atoms with van der Waals surface area (Å²) in [5.41, 5.74) is 0.791. The van der Waals surface area contributed by atoms with Crippen LogP contribution < -0.4 is 10.0 Å². The molecule has 1 heterocycles. The van der Waals surface area contributed by atoms with Crippen molar-refractivity contribution in [3.05, 3.63) is 59.7 Å². The van der Waals surface area contributed by atoms with E-state index >= 15 is 0 Å². The highest BCUT2D eigenvalue weighted by Gasteiger charge is 2.36. The third kappa shape index (κ3) is 3.54. The Balaban J connectivity index is 1.45.